The van der Waals surface area contributed by atoms with Gasteiger partial charge in [-0.25, -0.2) is 0 Å². The Labute approximate surface area is 175 Å². The van der Waals surface area contributed by atoms with E-state index >= 15 is 0 Å². The van der Waals surface area contributed by atoms with Crippen molar-refractivity contribution in [1.82, 2.24) is 0 Å². The molecule has 2 aromatic carbocycles. The normalized spacial score (nSPS) is 15.2. The van der Waals surface area contributed by atoms with E-state index in [9.17, 15) is 9.59 Å². The number of halogens is 1. The zero-order valence-corrected chi connectivity index (χ0v) is 17.8. The molecule has 1 heterocycles. The van der Waals surface area contributed by atoms with Gasteiger partial charge in [0, 0.05) is 23.3 Å². The van der Waals surface area contributed by atoms with Crippen LogP contribution < -0.4 is 19.7 Å². The van der Waals surface area contributed by atoms with Gasteiger partial charge >= 0.3 is 0 Å². The molecular weight excluding hydrogens is 392 g/mol. The van der Waals surface area contributed by atoms with Gasteiger partial charge in [0.05, 0.1) is 23.8 Å². The van der Waals surface area contributed by atoms with Crippen molar-refractivity contribution in [3.8, 4) is 11.5 Å². The summed E-state index contributed by atoms with van der Waals surface area (Å²) < 4.78 is 11.2. The maximum atomic E-state index is 12.9. The number of carbonyl (C=O) groups is 2. The van der Waals surface area contributed by atoms with Gasteiger partial charge in [-0.15, -0.1) is 0 Å². The highest BCUT2D eigenvalue weighted by Gasteiger charge is 2.37. The highest BCUT2D eigenvalue weighted by atomic mass is 35.5. The third kappa shape index (κ3) is 4.32. The summed E-state index contributed by atoms with van der Waals surface area (Å²) in [7, 11) is 1.50. The molecule has 0 radical (unpaired) electrons. The molecule has 0 fully saturated rings. The van der Waals surface area contributed by atoms with Gasteiger partial charge < -0.3 is 19.7 Å². The summed E-state index contributed by atoms with van der Waals surface area (Å²) in [6, 6.07) is 10.2. The van der Waals surface area contributed by atoms with Crippen molar-refractivity contribution in [2.24, 2.45) is 5.41 Å². The van der Waals surface area contributed by atoms with E-state index in [1.54, 1.807) is 41.3 Å². The molecule has 1 N–H and O–H groups in total. The number of anilines is 2. The number of carbonyl (C=O) groups excluding carboxylic acids is 2. The number of hydrogen-bond acceptors (Lipinski definition) is 4. The monoisotopic (exact) mass is 416 g/mol. The fourth-order valence-corrected chi connectivity index (χ4v) is 3.40. The highest BCUT2D eigenvalue weighted by molar-refractivity contribution is 6.31. The lowest BCUT2D eigenvalue weighted by Crippen LogP contribution is -2.42. The third-order valence-corrected chi connectivity index (χ3v) is 5.01. The van der Waals surface area contributed by atoms with Crippen molar-refractivity contribution >= 4 is 34.8 Å². The zero-order valence-electron chi connectivity index (χ0n) is 17.0. The number of benzene rings is 2. The Bertz CT molecular complexity index is 942. The van der Waals surface area contributed by atoms with Crippen LogP contribution in [0, 0.1) is 5.41 Å². The lowest BCUT2D eigenvalue weighted by Gasteiger charge is -2.27. The van der Waals surface area contributed by atoms with Crippen molar-refractivity contribution in [1.29, 1.82) is 0 Å². The third-order valence-electron chi connectivity index (χ3n) is 4.77. The number of hydrogen-bond donors (Lipinski definition) is 1. The molecule has 2 amide bonds. The average Bonchev–Trinajstić information content (AvgIpc) is 2.78. The molecule has 2 aromatic rings. The minimum atomic E-state index is -0.633. The van der Waals surface area contributed by atoms with Gasteiger partial charge in [-0.3, -0.25) is 9.59 Å². The molecule has 6 nitrogen and oxygen atoms in total. The molecule has 0 aliphatic carbocycles. The summed E-state index contributed by atoms with van der Waals surface area (Å²) in [5.74, 6) is 0.672. The maximum Gasteiger partial charge on any atom is 0.259 e. The van der Waals surface area contributed by atoms with E-state index < -0.39 is 5.41 Å². The molecule has 29 heavy (non-hydrogen) atoms. The van der Waals surface area contributed by atoms with E-state index in [1.807, 2.05) is 20.8 Å². The molecule has 0 atom stereocenters. The van der Waals surface area contributed by atoms with Crippen LogP contribution in [0.2, 0.25) is 5.02 Å². The van der Waals surface area contributed by atoms with Gasteiger partial charge in [0.1, 0.15) is 18.1 Å². The molecule has 0 spiro atoms. The average molecular weight is 417 g/mol. The molecule has 154 valence electrons. The van der Waals surface area contributed by atoms with Crippen LogP contribution in [0.3, 0.4) is 0 Å². The second-order valence-electron chi connectivity index (χ2n) is 7.61. The molecule has 3 rings (SSSR count). The summed E-state index contributed by atoms with van der Waals surface area (Å²) >= 11 is 6.03. The maximum absolute atomic E-state index is 12.9. The van der Waals surface area contributed by atoms with Gasteiger partial charge in [0.25, 0.3) is 5.91 Å². The summed E-state index contributed by atoms with van der Waals surface area (Å²) in [6.45, 7) is 6.64. The van der Waals surface area contributed by atoms with Crippen LogP contribution in [-0.4, -0.2) is 32.1 Å². The zero-order chi connectivity index (χ0) is 21.2. The van der Waals surface area contributed by atoms with Crippen LogP contribution in [-0.2, 0) is 4.79 Å². The summed E-state index contributed by atoms with van der Waals surface area (Å²) in [4.78, 5) is 27.4. The van der Waals surface area contributed by atoms with Crippen LogP contribution in [0.15, 0.2) is 36.4 Å². The van der Waals surface area contributed by atoms with Gasteiger partial charge in [0.2, 0.25) is 5.91 Å². The van der Waals surface area contributed by atoms with E-state index in [1.165, 1.54) is 7.11 Å². The molecule has 0 unspecified atom stereocenters. The standard InChI is InChI=1S/C22H25ClN2O4/c1-5-10-25-17-8-7-15(12-19(17)29-13-22(2,3)21(25)27)24-20(26)16-11-14(23)6-9-18(16)28-4/h6-9,11-12H,5,10,13H2,1-4H3,(H,24,26). The van der Waals surface area contributed by atoms with Crippen molar-refractivity contribution in [3.05, 3.63) is 47.0 Å². The summed E-state index contributed by atoms with van der Waals surface area (Å²) in [5, 5.41) is 3.29. The molecule has 0 saturated heterocycles. The first kappa shape index (κ1) is 21.0. The first-order valence-corrected chi connectivity index (χ1v) is 9.88. The number of nitrogens with one attached hydrogen (secondary N) is 1. The van der Waals surface area contributed by atoms with Crippen LogP contribution >= 0.6 is 11.6 Å². The minimum absolute atomic E-state index is 0.0264. The smallest absolute Gasteiger partial charge is 0.259 e. The second kappa shape index (κ2) is 8.33. The Kier molecular flexibility index (Phi) is 6.03. The largest absolute Gasteiger partial charge is 0.496 e. The predicted molar refractivity (Wildman–Crippen MR) is 114 cm³/mol. The number of rotatable bonds is 5. The molecule has 0 aromatic heterocycles. The number of ether oxygens (including phenoxy) is 2. The molecule has 0 bridgehead atoms. The Morgan fingerprint density at radius 1 is 1.28 bits per heavy atom. The second-order valence-corrected chi connectivity index (χ2v) is 8.05. The Morgan fingerprint density at radius 3 is 2.72 bits per heavy atom. The summed E-state index contributed by atoms with van der Waals surface area (Å²) in [5.41, 5.74) is 0.964. The SMILES string of the molecule is CCCN1C(=O)C(C)(C)COc2cc(NC(=O)c3cc(Cl)ccc3OC)ccc21. The van der Waals surface area contributed by atoms with E-state index in [0.717, 1.165) is 6.42 Å². The van der Waals surface area contributed by atoms with E-state index in [-0.39, 0.29) is 18.4 Å². The van der Waals surface area contributed by atoms with Crippen molar-refractivity contribution < 1.29 is 19.1 Å². The lowest BCUT2D eigenvalue weighted by molar-refractivity contribution is -0.127. The topological polar surface area (TPSA) is 67.9 Å². The van der Waals surface area contributed by atoms with Crippen molar-refractivity contribution in [2.45, 2.75) is 27.2 Å². The minimum Gasteiger partial charge on any atom is -0.496 e. The highest BCUT2D eigenvalue weighted by Crippen LogP contribution is 2.38. The fraction of sp³-hybridized carbons (Fsp3) is 0.364. The molecule has 7 heteroatoms. The lowest BCUT2D eigenvalue weighted by atomic mass is 9.93. The van der Waals surface area contributed by atoms with Gasteiger partial charge in [-0.2, -0.15) is 0 Å². The Balaban J connectivity index is 1.91. The van der Waals surface area contributed by atoms with Crippen molar-refractivity contribution in [3.63, 3.8) is 0 Å². The molecule has 1 aliphatic rings. The molecule has 0 saturated carbocycles. The van der Waals surface area contributed by atoms with Crippen LogP contribution in [0.5, 0.6) is 11.5 Å². The Hall–Kier alpha value is -2.73. The van der Waals surface area contributed by atoms with Crippen LogP contribution in [0.4, 0.5) is 11.4 Å². The number of fused-ring (bicyclic) bond motifs is 1. The predicted octanol–water partition coefficient (Wildman–Crippen LogP) is 4.76. The quantitative estimate of drug-likeness (QED) is 0.762. The van der Waals surface area contributed by atoms with Crippen molar-refractivity contribution in [2.75, 3.05) is 30.5 Å². The van der Waals surface area contributed by atoms with Gasteiger partial charge in [-0.05, 0) is 50.6 Å². The fourth-order valence-electron chi connectivity index (χ4n) is 3.23. The van der Waals surface area contributed by atoms with E-state index in [2.05, 4.69) is 5.32 Å². The first-order valence-electron chi connectivity index (χ1n) is 9.50. The number of nitrogens with zero attached hydrogens (tertiary/aromatic N) is 1. The van der Waals surface area contributed by atoms with Crippen LogP contribution in [0.1, 0.15) is 37.6 Å². The van der Waals surface area contributed by atoms with Crippen LogP contribution in [0.25, 0.3) is 0 Å². The number of methoxy groups -OCH3 is 1. The summed E-state index contributed by atoms with van der Waals surface area (Å²) in [6.07, 6.45) is 0.828. The Morgan fingerprint density at radius 2 is 2.03 bits per heavy atom. The van der Waals surface area contributed by atoms with E-state index in [0.29, 0.717) is 40.0 Å². The van der Waals surface area contributed by atoms with Gasteiger partial charge in [-0.1, -0.05) is 18.5 Å². The number of amides is 2. The molecule has 1 aliphatic heterocycles. The molecular formula is C22H25ClN2O4. The first-order chi connectivity index (χ1) is 13.8. The van der Waals surface area contributed by atoms with Gasteiger partial charge in [0.15, 0.2) is 0 Å². The van der Waals surface area contributed by atoms with E-state index in [4.69, 9.17) is 21.1 Å².